The maximum absolute atomic E-state index is 16.3. The van der Waals surface area contributed by atoms with Crippen LogP contribution in [-0.2, 0) is 17.8 Å². The number of rotatable bonds is 9. The minimum Gasteiger partial charge on any atom is -0.489 e. The fourth-order valence-electron chi connectivity index (χ4n) is 7.68. The van der Waals surface area contributed by atoms with E-state index in [1.54, 1.807) is 0 Å². The summed E-state index contributed by atoms with van der Waals surface area (Å²) in [5.41, 5.74) is 1.63. The molecule has 1 unspecified atom stereocenters. The van der Waals surface area contributed by atoms with E-state index in [-0.39, 0.29) is 30.1 Å². The van der Waals surface area contributed by atoms with Crippen LogP contribution in [-0.4, -0.2) is 71.9 Å². The van der Waals surface area contributed by atoms with E-state index in [1.165, 1.54) is 26.0 Å². The molecule has 0 aliphatic carbocycles. The fraction of sp³-hybridized carbons (Fsp3) is 0.486. The summed E-state index contributed by atoms with van der Waals surface area (Å²) in [6, 6.07) is 17.4. The van der Waals surface area contributed by atoms with Crippen LogP contribution in [0.2, 0.25) is 0 Å². The Labute approximate surface area is 269 Å². The van der Waals surface area contributed by atoms with E-state index in [4.69, 9.17) is 9.84 Å². The number of carbonyl (C=O) groups is 1. The highest BCUT2D eigenvalue weighted by Crippen LogP contribution is 2.45. The van der Waals surface area contributed by atoms with Gasteiger partial charge in [-0.1, -0.05) is 36.4 Å². The first-order chi connectivity index (χ1) is 21.9. The van der Waals surface area contributed by atoms with E-state index in [0.717, 1.165) is 36.0 Å². The minimum atomic E-state index is -1.57. The Kier molecular flexibility index (Phi) is 9.09. The Balaban J connectivity index is 1.27. The maximum atomic E-state index is 16.3. The zero-order chi connectivity index (χ0) is 32.6. The molecule has 0 radical (unpaired) electrons. The van der Waals surface area contributed by atoms with Gasteiger partial charge >= 0.3 is 5.97 Å². The van der Waals surface area contributed by atoms with Gasteiger partial charge in [-0.05, 0) is 106 Å². The van der Waals surface area contributed by atoms with Gasteiger partial charge in [0.15, 0.2) is 0 Å². The highest BCUT2D eigenvalue weighted by Gasteiger charge is 2.42. The van der Waals surface area contributed by atoms with Gasteiger partial charge in [0.2, 0.25) is 0 Å². The predicted octanol–water partition coefficient (Wildman–Crippen LogP) is 7.00. The Bertz CT molecular complexity index is 1530. The Morgan fingerprint density at radius 1 is 1.00 bits per heavy atom. The van der Waals surface area contributed by atoms with Crippen LogP contribution in [0.1, 0.15) is 68.3 Å². The standard InChI is InChI=1S/C37H44F3N3O3/c1-25-17-27-18-29(46-22-26-7-5-4-6-8-26)9-10-30(27)35(43(25)23-36(2,3)40)34-31(38)19-28(20-32(34)39)42-16-13-37(24-42)11-14-41(15-12-37)21-33(44)45/h4-10,18-20,25,35H,11-17,21-24H2,1-3H3,(H,44,45)/t25-,35?/m1/s1. The van der Waals surface area contributed by atoms with Gasteiger partial charge in [-0.15, -0.1) is 0 Å². The summed E-state index contributed by atoms with van der Waals surface area (Å²) in [6.07, 6.45) is 3.23. The van der Waals surface area contributed by atoms with Crippen molar-refractivity contribution in [3.05, 3.63) is 94.6 Å². The number of likely N-dealkylation sites (tertiary alicyclic amines) is 1. The molecule has 246 valence electrons. The van der Waals surface area contributed by atoms with Crippen LogP contribution in [0.5, 0.6) is 5.75 Å². The molecule has 3 aliphatic rings. The average molecular weight is 636 g/mol. The van der Waals surface area contributed by atoms with Crippen LogP contribution >= 0.6 is 0 Å². The number of benzene rings is 3. The third kappa shape index (κ3) is 7.05. The number of carboxylic acids is 1. The van der Waals surface area contributed by atoms with Crippen molar-refractivity contribution < 1.29 is 27.8 Å². The van der Waals surface area contributed by atoms with Crippen LogP contribution in [0.4, 0.5) is 18.9 Å². The van der Waals surface area contributed by atoms with Gasteiger partial charge < -0.3 is 14.7 Å². The van der Waals surface area contributed by atoms with Gasteiger partial charge in [0.25, 0.3) is 0 Å². The van der Waals surface area contributed by atoms with Crippen LogP contribution < -0.4 is 9.64 Å². The summed E-state index contributed by atoms with van der Waals surface area (Å²) < 4.78 is 53.8. The van der Waals surface area contributed by atoms with E-state index < -0.39 is 29.3 Å². The number of aliphatic carboxylic acids is 1. The first-order valence-corrected chi connectivity index (χ1v) is 16.3. The second-order valence-electron chi connectivity index (χ2n) is 14.1. The highest BCUT2D eigenvalue weighted by atomic mass is 19.1. The number of anilines is 1. The molecule has 2 atom stereocenters. The molecule has 1 spiro atoms. The van der Waals surface area contributed by atoms with E-state index in [0.29, 0.717) is 50.6 Å². The van der Waals surface area contributed by atoms with Gasteiger partial charge in [-0.2, -0.15) is 0 Å². The van der Waals surface area contributed by atoms with Crippen LogP contribution in [0.3, 0.4) is 0 Å². The number of carboxylic acid groups (broad SMARTS) is 1. The minimum absolute atomic E-state index is 0.0160. The summed E-state index contributed by atoms with van der Waals surface area (Å²) >= 11 is 0. The molecule has 2 saturated heterocycles. The number of hydrogen-bond acceptors (Lipinski definition) is 5. The summed E-state index contributed by atoms with van der Waals surface area (Å²) in [5.74, 6) is -1.41. The zero-order valence-corrected chi connectivity index (χ0v) is 26.9. The zero-order valence-electron chi connectivity index (χ0n) is 26.9. The lowest BCUT2D eigenvalue weighted by Gasteiger charge is -2.44. The number of alkyl halides is 1. The van der Waals surface area contributed by atoms with Crippen LogP contribution in [0.25, 0.3) is 0 Å². The summed E-state index contributed by atoms with van der Waals surface area (Å²) in [5, 5.41) is 9.15. The summed E-state index contributed by atoms with van der Waals surface area (Å²) in [7, 11) is 0. The second kappa shape index (κ2) is 12.9. The number of piperidine rings is 1. The van der Waals surface area contributed by atoms with Crippen molar-refractivity contribution in [2.75, 3.05) is 44.2 Å². The molecule has 1 N–H and O–H groups in total. The highest BCUT2D eigenvalue weighted by molar-refractivity contribution is 5.69. The number of fused-ring (bicyclic) bond motifs is 1. The fourth-order valence-corrected chi connectivity index (χ4v) is 7.68. The van der Waals surface area contributed by atoms with Gasteiger partial charge in [0.05, 0.1) is 12.6 Å². The summed E-state index contributed by atoms with van der Waals surface area (Å²) in [6.45, 7) is 8.24. The number of ether oxygens (including phenoxy) is 1. The molecular weight excluding hydrogens is 591 g/mol. The molecule has 3 aromatic rings. The molecule has 3 aromatic carbocycles. The number of hydrogen-bond donors (Lipinski definition) is 1. The first-order valence-electron chi connectivity index (χ1n) is 16.3. The monoisotopic (exact) mass is 635 g/mol. The van der Waals surface area contributed by atoms with E-state index in [9.17, 15) is 4.79 Å². The largest absolute Gasteiger partial charge is 0.489 e. The normalized spacial score (nSPS) is 21.8. The van der Waals surface area contributed by atoms with Crippen molar-refractivity contribution in [1.82, 2.24) is 9.80 Å². The van der Waals surface area contributed by atoms with Crippen molar-refractivity contribution in [3.63, 3.8) is 0 Å². The maximum Gasteiger partial charge on any atom is 0.317 e. The average Bonchev–Trinajstić information content (AvgIpc) is 3.41. The van der Waals surface area contributed by atoms with E-state index in [1.807, 2.05) is 65.3 Å². The molecule has 0 amide bonds. The van der Waals surface area contributed by atoms with Crippen LogP contribution in [0.15, 0.2) is 60.7 Å². The van der Waals surface area contributed by atoms with Crippen molar-refractivity contribution in [1.29, 1.82) is 0 Å². The SMILES string of the molecule is C[C@@H]1Cc2cc(OCc3ccccc3)ccc2C(c2c(F)cc(N3CCC4(CCN(CC(=O)O)CC4)C3)cc2F)N1CC(C)(C)F. The molecule has 6 rings (SSSR count). The smallest absolute Gasteiger partial charge is 0.317 e. The lowest BCUT2D eigenvalue weighted by Crippen LogP contribution is -2.48. The van der Waals surface area contributed by atoms with Crippen molar-refractivity contribution in [2.24, 2.45) is 5.41 Å². The lowest BCUT2D eigenvalue weighted by molar-refractivity contribution is -0.138. The topological polar surface area (TPSA) is 56.3 Å². The van der Waals surface area contributed by atoms with E-state index in [2.05, 4.69) is 4.90 Å². The van der Waals surface area contributed by atoms with Crippen molar-refractivity contribution in [3.8, 4) is 5.75 Å². The van der Waals surface area contributed by atoms with Gasteiger partial charge in [-0.25, -0.2) is 13.2 Å². The number of halogens is 3. The molecule has 0 saturated carbocycles. The molecule has 46 heavy (non-hydrogen) atoms. The Morgan fingerprint density at radius 2 is 1.67 bits per heavy atom. The van der Waals surface area contributed by atoms with Crippen molar-refractivity contribution in [2.45, 2.75) is 70.8 Å². The third-order valence-electron chi connectivity index (χ3n) is 10.0. The van der Waals surface area contributed by atoms with Gasteiger partial charge in [0, 0.05) is 36.9 Å². The molecule has 2 fully saturated rings. The summed E-state index contributed by atoms with van der Waals surface area (Å²) in [4.78, 5) is 17.0. The molecule has 0 aromatic heterocycles. The predicted molar refractivity (Wildman–Crippen MR) is 173 cm³/mol. The molecular formula is C37H44F3N3O3. The Hall–Kier alpha value is -3.56. The van der Waals surface area contributed by atoms with Crippen LogP contribution in [0, 0.1) is 17.0 Å². The Morgan fingerprint density at radius 3 is 2.33 bits per heavy atom. The van der Waals surface area contributed by atoms with Gasteiger partial charge in [-0.3, -0.25) is 14.6 Å². The van der Waals surface area contributed by atoms with E-state index >= 15 is 13.2 Å². The van der Waals surface area contributed by atoms with Gasteiger partial charge in [0.1, 0.15) is 29.7 Å². The quantitative estimate of drug-likeness (QED) is 0.273. The molecule has 3 aliphatic heterocycles. The molecule has 3 heterocycles. The first kappa shape index (κ1) is 32.4. The molecule has 6 nitrogen and oxygen atoms in total. The molecule has 9 heteroatoms. The third-order valence-corrected chi connectivity index (χ3v) is 10.0. The number of nitrogens with zero attached hydrogens (tertiary/aromatic N) is 3. The lowest BCUT2D eigenvalue weighted by atomic mass is 9.78. The second-order valence-corrected chi connectivity index (χ2v) is 14.1. The molecule has 0 bridgehead atoms. The van der Waals surface area contributed by atoms with Crippen molar-refractivity contribution >= 4 is 11.7 Å².